The van der Waals surface area contributed by atoms with E-state index in [1.165, 1.54) is 12.8 Å². The van der Waals surface area contributed by atoms with Crippen LogP contribution in [0.3, 0.4) is 0 Å². The van der Waals surface area contributed by atoms with Gasteiger partial charge in [0.25, 0.3) is 0 Å². The highest BCUT2D eigenvalue weighted by Gasteiger charge is 2.22. The van der Waals surface area contributed by atoms with Gasteiger partial charge in [0.1, 0.15) is 13.2 Å². The fourth-order valence-electron chi connectivity index (χ4n) is 2.74. The summed E-state index contributed by atoms with van der Waals surface area (Å²) in [4.78, 5) is 0. The molecule has 2 heterocycles. The second kappa shape index (κ2) is 4.98. The van der Waals surface area contributed by atoms with Crippen molar-refractivity contribution in [3.63, 3.8) is 0 Å². The Labute approximate surface area is 112 Å². The molecule has 1 aromatic rings. The lowest BCUT2D eigenvalue weighted by Gasteiger charge is -2.23. The lowest BCUT2D eigenvalue weighted by Crippen LogP contribution is -2.24. The van der Waals surface area contributed by atoms with Crippen LogP contribution in [0.25, 0.3) is 0 Å². The van der Waals surface area contributed by atoms with E-state index in [1.54, 1.807) is 0 Å². The highest BCUT2D eigenvalue weighted by atomic mass is 35.5. The Morgan fingerprint density at radius 1 is 1.39 bits per heavy atom. The van der Waals surface area contributed by atoms with Gasteiger partial charge >= 0.3 is 0 Å². The molecule has 0 bridgehead atoms. The first-order valence-electron chi connectivity index (χ1n) is 6.56. The van der Waals surface area contributed by atoms with Gasteiger partial charge in [-0.3, -0.25) is 0 Å². The third kappa shape index (κ3) is 2.17. The summed E-state index contributed by atoms with van der Waals surface area (Å²) in [5.74, 6) is 1.66. The first kappa shape index (κ1) is 12.1. The minimum Gasteiger partial charge on any atom is -0.486 e. The predicted octanol–water partition coefficient (Wildman–Crippen LogP) is 2.71. The Morgan fingerprint density at radius 3 is 3.00 bits per heavy atom. The van der Waals surface area contributed by atoms with Crippen molar-refractivity contribution in [2.45, 2.75) is 32.2 Å². The standard InChI is InChI=1S/C14H18ClNO2/c1-9-13(15)10(7-11-3-2-4-16-11)8-12-14(9)18-6-5-17-12/h8,11,16H,2-7H2,1H3. The smallest absolute Gasteiger partial charge is 0.165 e. The van der Waals surface area contributed by atoms with Crippen molar-refractivity contribution in [2.75, 3.05) is 19.8 Å². The molecule has 0 spiro atoms. The van der Waals surface area contributed by atoms with E-state index in [4.69, 9.17) is 21.1 Å². The summed E-state index contributed by atoms with van der Waals surface area (Å²) in [6, 6.07) is 2.59. The zero-order valence-corrected chi connectivity index (χ0v) is 11.3. The second-order valence-electron chi connectivity index (χ2n) is 5.00. The van der Waals surface area contributed by atoms with Gasteiger partial charge in [0.15, 0.2) is 11.5 Å². The maximum Gasteiger partial charge on any atom is 0.165 e. The lowest BCUT2D eigenvalue weighted by molar-refractivity contribution is 0.170. The van der Waals surface area contributed by atoms with Crippen LogP contribution < -0.4 is 14.8 Å². The van der Waals surface area contributed by atoms with Gasteiger partial charge in [0.2, 0.25) is 0 Å². The minimum atomic E-state index is 0.546. The van der Waals surface area contributed by atoms with Gasteiger partial charge in [0.05, 0.1) is 5.02 Å². The summed E-state index contributed by atoms with van der Waals surface area (Å²) in [7, 11) is 0. The maximum atomic E-state index is 6.45. The largest absolute Gasteiger partial charge is 0.486 e. The van der Waals surface area contributed by atoms with Crippen LogP contribution in [-0.2, 0) is 6.42 Å². The summed E-state index contributed by atoms with van der Waals surface area (Å²) in [5, 5.41) is 4.33. The number of benzene rings is 1. The van der Waals surface area contributed by atoms with Crippen LogP contribution in [0.2, 0.25) is 5.02 Å². The van der Waals surface area contributed by atoms with E-state index < -0.39 is 0 Å². The number of rotatable bonds is 2. The SMILES string of the molecule is Cc1c(Cl)c(CC2CCCN2)cc2c1OCCO2. The van der Waals surface area contributed by atoms with Crippen molar-refractivity contribution in [3.05, 3.63) is 22.2 Å². The molecule has 1 saturated heterocycles. The van der Waals surface area contributed by atoms with E-state index in [0.29, 0.717) is 19.3 Å². The molecule has 0 aromatic heterocycles. The molecule has 0 saturated carbocycles. The van der Waals surface area contributed by atoms with E-state index in [-0.39, 0.29) is 0 Å². The van der Waals surface area contributed by atoms with Crippen molar-refractivity contribution < 1.29 is 9.47 Å². The van der Waals surface area contributed by atoms with E-state index in [9.17, 15) is 0 Å². The number of hydrogen-bond acceptors (Lipinski definition) is 3. The number of nitrogens with one attached hydrogen (secondary N) is 1. The first-order valence-corrected chi connectivity index (χ1v) is 6.94. The Balaban J connectivity index is 1.91. The van der Waals surface area contributed by atoms with Crippen LogP contribution >= 0.6 is 11.6 Å². The van der Waals surface area contributed by atoms with Gasteiger partial charge in [-0.2, -0.15) is 0 Å². The van der Waals surface area contributed by atoms with Crippen molar-refractivity contribution in [1.82, 2.24) is 5.32 Å². The van der Waals surface area contributed by atoms with Crippen LogP contribution in [0.4, 0.5) is 0 Å². The fraction of sp³-hybridized carbons (Fsp3) is 0.571. The zero-order chi connectivity index (χ0) is 12.5. The molecule has 1 fully saturated rings. The van der Waals surface area contributed by atoms with Crippen LogP contribution in [0, 0.1) is 6.92 Å². The topological polar surface area (TPSA) is 30.5 Å². The molecule has 0 aliphatic carbocycles. The van der Waals surface area contributed by atoms with Crippen LogP contribution in [0.15, 0.2) is 6.07 Å². The molecule has 2 aliphatic rings. The molecule has 3 nitrogen and oxygen atoms in total. The number of halogens is 1. The Morgan fingerprint density at radius 2 is 2.22 bits per heavy atom. The van der Waals surface area contributed by atoms with Gasteiger partial charge in [-0.05, 0) is 44.4 Å². The summed E-state index contributed by atoms with van der Waals surface area (Å²) in [6.45, 7) is 4.34. The lowest BCUT2D eigenvalue weighted by atomic mass is 10.0. The van der Waals surface area contributed by atoms with E-state index >= 15 is 0 Å². The van der Waals surface area contributed by atoms with Gasteiger partial charge in [0, 0.05) is 11.6 Å². The molecule has 2 aliphatic heterocycles. The van der Waals surface area contributed by atoms with E-state index in [0.717, 1.165) is 40.6 Å². The highest BCUT2D eigenvalue weighted by Crippen LogP contribution is 2.40. The third-order valence-corrected chi connectivity index (χ3v) is 4.22. The summed E-state index contributed by atoms with van der Waals surface area (Å²) >= 11 is 6.45. The van der Waals surface area contributed by atoms with Crippen molar-refractivity contribution in [3.8, 4) is 11.5 Å². The molecule has 1 atom stereocenters. The monoisotopic (exact) mass is 267 g/mol. The Kier molecular flexibility index (Phi) is 3.35. The third-order valence-electron chi connectivity index (χ3n) is 3.70. The van der Waals surface area contributed by atoms with Gasteiger partial charge in [-0.15, -0.1) is 0 Å². The predicted molar refractivity (Wildman–Crippen MR) is 71.9 cm³/mol. The number of ether oxygens (including phenoxy) is 2. The van der Waals surface area contributed by atoms with Gasteiger partial charge in [-0.1, -0.05) is 11.6 Å². The van der Waals surface area contributed by atoms with Crippen molar-refractivity contribution >= 4 is 11.6 Å². The molecule has 98 valence electrons. The average molecular weight is 268 g/mol. The molecule has 18 heavy (non-hydrogen) atoms. The Hall–Kier alpha value is -0.930. The fourth-order valence-corrected chi connectivity index (χ4v) is 2.96. The van der Waals surface area contributed by atoms with Crippen molar-refractivity contribution in [2.24, 2.45) is 0 Å². The second-order valence-corrected chi connectivity index (χ2v) is 5.37. The summed E-state index contributed by atoms with van der Waals surface area (Å²) in [5.41, 5.74) is 2.17. The minimum absolute atomic E-state index is 0.546. The zero-order valence-electron chi connectivity index (χ0n) is 10.6. The maximum absolute atomic E-state index is 6.45. The first-order chi connectivity index (χ1) is 8.75. The normalized spacial score (nSPS) is 22.2. The van der Waals surface area contributed by atoms with Crippen molar-refractivity contribution in [1.29, 1.82) is 0 Å². The Bertz CT molecular complexity index is 456. The molecule has 1 unspecified atom stereocenters. The van der Waals surface area contributed by atoms with E-state index in [1.807, 2.05) is 13.0 Å². The molecular formula is C14H18ClNO2. The molecule has 0 radical (unpaired) electrons. The molecule has 3 rings (SSSR count). The number of hydrogen-bond donors (Lipinski definition) is 1. The molecule has 1 aromatic carbocycles. The van der Waals surface area contributed by atoms with Crippen LogP contribution in [0.1, 0.15) is 24.0 Å². The molecule has 4 heteroatoms. The van der Waals surface area contributed by atoms with E-state index in [2.05, 4.69) is 5.32 Å². The van der Waals surface area contributed by atoms with Gasteiger partial charge in [-0.25, -0.2) is 0 Å². The average Bonchev–Trinajstić information content (AvgIpc) is 2.89. The van der Waals surface area contributed by atoms with Gasteiger partial charge < -0.3 is 14.8 Å². The van der Waals surface area contributed by atoms with Crippen LogP contribution in [0.5, 0.6) is 11.5 Å². The molecule has 1 N–H and O–H groups in total. The quantitative estimate of drug-likeness (QED) is 0.894. The van der Waals surface area contributed by atoms with Crippen LogP contribution in [-0.4, -0.2) is 25.8 Å². The summed E-state index contributed by atoms with van der Waals surface area (Å²) < 4.78 is 11.3. The molecule has 0 amide bonds. The highest BCUT2D eigenvalue weighted by molar-refractivity contribution is 6.32. The molecular weight excluding hydrogens is 250 g/mol. The number of fused-ring (bicyclic) bond motifs is 1. The summed E-state index contributed by atoms with van der Waals surface area (Å²) in [6.07, 6.45) is 3.45.